The lowest BCUT2D eigenvalue weighted by Gasteiger charge is -2.49. The Hall–Kier alpha value is -0.930. The summed E-state index contributed by atoms with van der Waals surface area (Å²) < 4.78 is 0. The van der Waals surface area contributed by atoms with E-state index in [2.05, 4.69) is 23.8 Å². The minimum absolute atomic E-state index is 0.494. The number of hydrogen-bond acceptors (Lipinski definition) is 2. The van der Waals surface area contributed by atoms with Crippen molar-refractivity contribution >= 4 is 5.96 Å². The van der Waals surface area contributed by atoms with Crippen LogP contribution in [0.15, 0.2) is 5.10 Å². The molecule has 0 spiro atoms. The standard InChI is InChI=1S/C11H22N4/c1-7-3-9-5-8(2)15(11(12)14-13)10(4-7)6-9/h7-10H,3-6,13H2,1-2H3,(H2,12,14). The number of hydrogen-bond donors (Lipinski definition) is 2. The van der Waals surface area contributed by atoms with Gasteiger partial charge in [0.25, 0.3) is 0 Å². The number of rotatable bonds is 0. The summed E-state index contributed by atoms with van der Waals surface area (Å²) in [4.78, 5) is 2.23. The van der Waals surface area contributed by atoms with Crippen LogP contribution in [0.2, 0.25) is 0 Å². The number of piperidine rings is 1. The van der Waals surface area contributed by atoms with Crippen LogP contribution >= 0.6 is 0 Å². The summed E-state index contributed by atoms with van der Waals surface area (Å²) in [5.41, 5.74) is 5.87. The van der Waals surface area contributed by atoms with E-state index in [0.717, 1.165) is 11.8 Å². The van der Waals surface area contributed by atoms with Crippen LogP contribution in [-0.2, 0) is 0 Å². The van der Waals surface area contributed by atoms with Crippen molar-refractivity contribution in [1.82, 2.24) is 4.90 Å². The number of guanidine groups is 1. The predicted molar refractivity (Wildman–Crippen MR) is 62.0 cm³/mol. The zero-order valence-electron chi connectivity index (χ0n) is 9.69. The normalized spacial score (nSPS) is 41.7. The molecule has 1 saturated heterocycles. The maximum Gasteiger partial charge on any atom is 0.213 e. The van der Waals surface area contributed by atoms with Crippen molar-refractivity contribution in [2.45, 2.75) is 51.6 Å². The van der Waals surface area contributed by atoms with Crippen LogP contribution in [0, 0.1) is 11.8 Å². The fourth-order valence-corrected chi connectivity index (χ4v) is 3.56. The highest BCUT2D eigenvalue weighted by molar-refractivity contribution is 5.78. The monoisotopic (exact) mass is 210 g/mol. The molecule has 86 valence electrons. The fourth-order valence-electron chi connectivity index (χ4n) is 3.56. The Balaban J connectivity index is 2.16. The molecule has 2 fully saturated rings. The summed E-state index contributed by atoms with van der Waals surface area (Å²) in [6.07, 6.45) is 5.12. The smallest absolute Gasteiger partial charge is 0.213 e. The van der Waals surface area contributed by atoms with Crippen LogP contribution in [0.3, 0.4) is 0 Å². The van der Waals surface area contributed by atoms with Crippen molar-refractivity contribution in [2.75, 3.05) is 0 Å². The van der Waals surface area contributed by atoms with E-state index in [0.29, 0.717) is 18.0 Å². The van der Waals surface area contributed by atoms with Gasteiger partial charge in [0.05, 0.1) is 0 Å². The highest BCUT2D eigenvalue weighted by atomic mass is 15.3. The van der Waals surface area contributed by atoms with Gasteiger partial charge in [-0.2, -0.15) is 0 Å². The van der Waals surface area contributed by atoms with E-state index in [1.54, 1.807) is 0 Å². The number of hydrazone groups is 1. The van der Waals surface area contributed by atoms with E-state index < -0.39 is 0 Å². The minimum atomic E-state index is 0.494. The molecule has 1 heterocycles. The third-order valence-corrected chi connectivity index (χ3v) is 3.96. The van der Waals surface area contributed by atoms with E-state index in [1.807, 2.05) is 0 Å². The Kier molecular flexibility index (Phi) is 2.76. The molecule has 1 saturated carbocycles. The lowest BCUT2D eigenvalue weighted by molar-refractivity contribution is 0.0628. The summed E-state index contributed by atoms with van der Waals surface area (Å²) >= 11 is 0. The van der Waals surface area contributed by atoms with Crippen LogP contribution in [0.5, 0.6) is 0 Å². The zero-order chi connectivity index (χ0) is 11.0. The quantitative estimate of drug-likeness (QED) is 0.272. The molecule has 0 radical (unpaired) electrons. The highest BCUT2D eigenvalue weighted by Gasteiger charge is 2.39. The Morgan fingerprint density at radius 3 is 2.60 bits per heavy atom. The summed E-state index contributed by atoms with van der Waals surface area (Å²) in [5, 5.41) is 3.66. The summed E-state index contributed by atoms with van der Waals surface area (Å²) in [6, 6.07) is 1.06. The van der Waals surface area contributed by atoms with Gasteiger partial charge in [-0.25, -0.2) is 0 Å². The van der Waals surface area contributed by atoms with Crippen LogP contribution in [0.1, 0.15) is 39.5 Å². The van der Waals surface area contributed by atoms with Crippen molar-refractivity contribution in [1.29, 1.82) is 0 Å². The van der Waals surface area contributed by atoms with Gasteiger partial charge >= 0.3 is 0 Å². The molecule has 4 unspecified atom stereocenters. The first kappa shape index (κ1) is 10.6. The molecule has 4 atom stereocenters. The SMILES string of the molecule is CC1CC2CC(C)N(C(N)=NN)C(C1)C2. The number of fused-ring (bicyclic) bond motifs is 2. The molecular formula is C11H22N4. The molecule has 0 aromatic heterocycles. The van der Waals surface area contributed by atoms with Crippen LogP contribution in [0.4, 0.5) is 0 Å². The van der Waals surface area contributed by atoms with E-state index in [4.69, 9.17) is 11.6 Å². The fraction of sp³-hybridized carbons (Fsp3) is 0.909. The summed E-state index contributed by atoms with van der Waals surface area (Å²) in [7, 11) is 0. The summed E-state index contributed by atoms with van der Waals surface area (Å²) in [5.74, 6) is 7.50. The third kappa shape index (κ3) is 1.90. The maximum absolute atomic E-state index is 5.87. The van der Waals surface area contributed by atoms with E-state index in [9.17, 15) is 0 Å². The molecule has 1 aliphatic heterocycles. The minimum Gasteiger partial charge on any atom is -0.368 e. The Morgan fingerprint density at radius 2 is 1.93 bits per heavy atom. The van der Waals surface area contributed by atoms with Crippen molar-refractivity contribution in [3.05, 3.63) is 0 Å². The van der Waals surface area contributed by atoms with Gasteiger partial charge in [0.15, 0.2) is 0 Å². The molecule has 4 nitrogen and oxygen atoms in total. The van der Waals surface area contributed by atoms with Gasteiger partial charge in [0.1, 0.15) is 0 Å². The van der Waals surface area contributed by atoms with Gasteiger partial charge in [-0.3, -0.25) is 0 Å². The van der Waals surface area contributed by atoms with Gasteiger partial charge < -0.3 is 16.5 Å². The molecule has 4 N–H and O–H groups in total. The number of nitrogens with zero attached hydrogens (tertiary/aromatic N) is 2. The highest BCUT2D eigenvalue weighted by Crippen LogP contribution is 2.39. The van der Waals surface area contributed by atoms with E-state index in [1.165, 1.54) is 25.7 Å². The second-order valence-corrected chi connectivity index (χ2v) is 5.31. The van der Waals surface area contributed by atoms with Gasteiger partial charge in [-0.05, 0) is 44.4 Å². The predicted octanol–water partition coefficient (Wildman–Crippen LogP) is 1.07. The van der Waals surface area contributed by atoms with Crippen molar-refractivity contribution in [3.63, 3.8) is 0 Å². The molecular weight excluding hydrogens is 188 g/mol. The molecule has 2 aliphatic rings. The average molecular weight is 210 g/mol. The van der Waals surface area contributed by atoms with E-state index in [-0.39, 0.29) is 0 Å². The Morgan fingerprint density at radius 1 is 1.20 bits per heavy atom. The summed E-state index contributed by atoms with van der Waals surface area (Å²) in [6.45, 7) is 4.57. The van der Waals surface area contributed by atoms with E-state index >= 15 is 0 Å². The molecule has 2 rings (SSSR count). The van der Waals surface area contributed by atoms with Gasteiger partial charge in [-0.15, -0.1) is 5.10 Å². The Labute approximate surface area is 91.7 Å². The van der Waals surface area contributed by atoms with Gasteiger partial charge in [0.2, 0.25) is 5.96 Å². The largest absolute Gasteiger partial charge is 0.368 e. The molecule has 0 aromatic rings. The lowest BCUT2D eigenvalue weighted by Crippen LogP contribution is -2.56. The molecule has 2 bridgehead atoms. The first-order chi connectivity index (χ1) is 7.11. The van der Waals surface area contributed by atoms with Crippen LogP contribution < -0.4 is 11.6 Å². The number of likely N-dealkylation sites (tertiary alicyclic amines) is 1. The maximum atomic E-state index is 5.87. The van der Waals surface area contributed by atoms with Crippen molar-refractivity contribution in [2.24, 2.45) is 28.5 Å². The zero-order valence-corrected chi connectivity index (χ0v) is 9.69. The molecule has 0 aromatic carbocycles. The first-order valence-electron chi connectivity index (χ1n) is 5.93. The molecule has 4 heteroatoms. The first-order valence-corrected chi connectivity index (χ1v) is 5.93. The molecule has 15 heavy (non-hydrogen) atoms. The van der Waals surface area contributed by atoms with Crippen molar-refractivity contribution in [3.8, 4) is 0 Å². The van der Waals surface area contributed by atoms with Crippen LogP contribution in [-0.4, -0.2) is 22.9 Å². The second kappa shape index (κ2) is 3.91. The van der Waals surface area contributed by atoms with Crippen LogP contribution in [0.25, 0.3) is 0 Å². The van der Waals surface area contributed by atoms with Gasteiger partial charge in [0, 0.05) is 12.1 Å². The Bertz CT molecular complexity index is 259. The average Bonchev–Trinajstić information content (AvgIpc) is 2.15. The van der Waals surface area contributed by atoms with Crippen molar-refractivity contribution < 1.29 is 0 Å². The second-order valence-electron chi connectivity index (χ2n) is 5.31. The molecule has 0 amide bonds. The van der Waals surface area contributed by atoms with Gasteiger partial charge in [-0.1, -0.05) is 6.92 Å². The third-order valence-electron chi connectivity index (χ3n) is 3.96. The molecule has 1 aliphatic carbocycles. The number of nitrogens with two attached hydrogens (primary N) is 2. The topological polar surface area (TPSA) is 67.6 Å². The lowest BCUT2D eigenvalue weighted by atomic mass is 9.73.